The Kier molecular flexibility index (Phi) is 6.56. The maximum absolute atomic E-state index is 11.6. The van der Waals surface area contributed by atoms with Gasteiger partial charge in [0.1, 0.15) is 0 Å². The van der Waals surface area contributed by atoms with Crippen molar-refractivity contribution in [3.05, 3.63) is 29.8 Å². The lowest BCUT2D eigenvalue weighted by Crippen LogP contribution is -2.35. The molecule has 0 saturated carbocycles. The van der Waals surface area contributed by atoms with Gasteiger partial charge in [-0.3, -0.25) is 0 Å². The first-order chi connectivity index (χ1) is 9.56. The molecule has 1 aromatic rings. The third-order valence-corrected chi connectivity index (χ3v) is 2.81. The molecule has 0 spiro atoms. The van der Waals surface area contributed by atoms with E-state index in [4.69, 9.17) is 4.74 Å². The van der Waals surface area contributed by atoms with Crippen LogP contribution in [0.2, 0.25) is 0 Å². The molecule has 1 unspecified atom stereocenters. The maximum Gasteiger partial charge on any atom is 0.338 e. The fraction of sp³-hybridized carbons (Fsp3) is 0.467. The first-order valence-corrected chi connectivity index (χ1v) is 6.91. The normalized spacial score (nSPS) is 11.6. The van der Waals surface area contributed by atoms with Crippen molar-refractivity contribution in [3.63, 3.8) is 0 Å². The SMILES string of the molecule is CCCOC(=O)c1ccc(NC(=O)NC(C)CC)cc1. The smallest absolute Gasteiger partial charge is 0.338 e. The zero-order valence-electron chi connectivity index (χ0n) is 12.2. The van der Waals surface area contributed by atoms with Crippen molar-refractivity contribution in [3.8, 4) is 0 Å². The molecular weight excluding hydrogens is 256 g/mol. The lowest BCUT2D eigenvalue weighted by Gasteiger charge is -2.12. The predicted molar refractivity (Wildman–Crippen MR) is 78.9 cm³/mol. The average molecular weight is 278 g/mol. The van der Waals surface area contributed by atoms with E-state index >= 15 is 0 Å². The highest BCUT2D eigenvalue weighted by molar-refractivity contribution is 5.92. The molecule has 5 nitrogen and oxygen atoms in total. The van der Waals surface area contributed by atoms with Crippen molar-refractivity contribution < 1.29 is 14.3 Å². The first-order valence-electron chi connectivity index (χ1n) is 6.91. The topological polar surface area (TPSA) is 67.4 Å². The summed E-state index contributed by atoms with van der Waals surface area (Å²) in [5, 5.41) is 5.52. The van der Waals surface area contributed by atoms with E-state index in [-0.39, 0.29) is 18.0 Å². The van der Waals surface area contributed by atoms with E-state index < -0.39 is 0 Å². The molecule has 110 valence electrons. The largest absolute Gasteiger partial charge is 0.462 e. The number of esters is 1. The van der Waals surface area contributed by atoms with E-state index in [1.807, 2.05) is 20.8 Å². The fourth-order valence-corrected chi connectivity index (χ4v) is 1.46. The van der Waals surface area contributed by atoms with Crippen LogP contribution in [-0.2, 0) is 4.74 Å². The number of carbonyl (C=O) groups excluding carboxylic acids is 2. The van der Waals surface area contributed by atoms with Gasteiger partial charge in [-0.05, 0) is 44.0 Å². The van der Waals surface area contributed by atoms with E-state index in [0.717, 1.165) is 12.8 Å². The van der Waals surface area contributed by atoms with Gasteiger partial charge in [0.2, 0.25) is 0 Å². The third kappa shape index (κ3) is 5.30. The summed E-state index contributed by atoms with van der Waals surface area (Å²) in [7, 11) is 0. The average Bonchev–Trinajstić information content (AvgIpc) is 2.45. The Bertz CT molecular complexity index is 443. The number of urea groups is 1. The summed E-state index contributed by atoms with van der Waals surface area (Å²) < 4.78 is 5.03. The van der Waals surface area contributed by atoms with E-state index in [9.17, 15) is 9.59 Å². The molecule has 5 heteroatoms. The van der Waals surface area contributed by atoms with Crippen LogP contribution in [-0.4, -0.2) is 24.6 Å². The van der Waals surface area contributed by atoms with Gasteiger partial charge in [0.15, 0.2) is 0 Å². The van der Waals surface area contributed by atoms with Gasteiger partial charge in [0.25, 0.3) is 0 Å². The van der Waals surface area contributed by atoms with E-state index in [1.165, 1.54) is 0 Å². The van der Waals surface area contributed by atoms with Crippen LogP contribution in [0.4, 0.5) is 10.5 Å². The van der Waals surface area contributed by atoms with Crippen molar-refractivity contribution in [2.45, 2.75) is 39.7 Å². The maximum atomic E-state index is 11.6. The zero-order chi connectivity index (χ0) is 15.0. The lowest BCUT2D eigenvalue weighted by molar-refractivity contribution is 0.0505. The summed E-state index contributed by atoms with van der Waals surface area (Å²) >= 11 is 0. The number of nitrogens with one attached hydrogen (secondary N) is 2. The minimum atomic E-state index is -0.345. The van der Waals surface area contributed by atoms with Crippen molar-refractivity contribution in [2.75, 3.05) is 11.9 Å². The Hall–Kier alpha value is -2.04. The summed E-state index contributed by atoms with van der Waals surface area (Å²) in [5.41, 5.74) is 1.11. The van der Waals surface area contributed by atoms with Crippen LogP contribution in [0.15, 0.2) is 24.3 Å². The van der Waals surface area contributed by atoms with E-state index in [2.05, 4.69) is 10.6 Å². The second-order valence-corrected chi connectivity index (χ2v) is 4.62. The highest BCUT2D eigenvalue weighted by Crippen LogP contribution is 2.10. The van der Waals surface area contributed by atoms with Crippen molar-refractivity contribution in [1.29, 1.82) is 0 Å². The molecule has 0 aliphatic heterocycles. The fourth-order valence-electron chi connectivity index (χ4n) is 1.46. The molecule has 1 atom stereocenters. The molecule has 2 N–H and O–H groups in total. The Morgan fingerprint density at radius 3 is 2.40 bits per heavy atom. The Morgan fingerprint density at radius 2 is 1.85 bits per heavy atom. The second kappa shape index (κ2) is 8.19. The summed E-state index contributed by atoms with van der Waals surface area (Å²) in [4.78, 5) is 23.2. The molecule has 1 rings (SSSR count). The van der Waals surface area contributed by atoms with Gasteiger partial charge in [-0.25, -0.2) is 9.59 Å². The minimum Gasteiger partial charge on any atom is -0.462 e. The van der Waals surface area contributed by atoms with Crippen molar-refractivity contribution in [2.24, 2.45) is 0 Å². The van der Waals surface area contributed by atoms with Crippen molar-refractivity contribution in [1.82, 2.24) is 5.32 Å². The van der Waals surface area contributed by atoms with Crippen LogP contribution in [0.3, 0.4) is 0 Å². The molecule has 0 aromatic heterocycles. The summed E-state index contributed by atoms with van der Waals surface area (Å²) in [5.74, 6) is -0.345. The number of hydrogen-bond acceptors (Lipinski definition) is 3. The molecule has 0 aliphatic carbocycles. The summed E-state index contributed by atoms with van der Waals surface area (Å²) in [6.07, 6.45) is 1.66. The van der Waals surface area contributed by atoms with Gasteiger partial charge < -0.3 is 15.4 Å². The van der Waals surface area contributed by atoms with Gasteiger partial charge in [-0.2, -0.15) is 0 Å². The molecule has 2 amide bonds. The number of rotatable bonds is 6. The van der Waals surface area contributed by atoms with E-state index in [1.54, 1.807) is 24.3 Å². The molecule has 0 fully saturated rings. The molecule has 0 heterocycles. The number of carbonyl (C=O) groups is 2. The molecule has 0 aliphatic rings. The van der Waals surface area contributed by atoms with Gasteiger partial charge in [0.05, 0.1) is 12.2 Å². The van der Waals surface area contributed by atoms with Crippen LogP contribution in [0, 0.1) is 0 Å². The van der Waals surface area contributed by atoms with Gasteiger partial charge >= 0.3 is 12.0 Å². The summed E-state index contributed by atoms with van der Waals surface area (Å²) in [6, 6.07) is 6.50. The van der Waals surface area contributed by atoms with Crippen molar-refractivity contribution >= 4 is 17.7 Å². The monoisotopic (exact) mass is 278 g/mol. The quantitative estimate of drug-likeness (QED) is 0.785. The molecule has 1 aromatic carbocycles. The number of ether oxygens (including phenoxy) is 1. The highest BCUT2D eigenvalue weighted by Gasteiger charge is 2.08. The summed E-state index contributed by atoms with van der Waals surface area (Å²) in [6.45, 7) is 6.29. The number of hydrogen-bond donors (Lipinski definition) is 2. The molecule has 0 saturated heterocycles. The second-order valence-electron chi connectivity index (χ2n) is 4.62. The molecule has 0 bridgehead atoms. The molecule has 0 radical (unpaired) electrons. The number of amides is 2. The standard InChI is InChI=1S/C15H22N2O3/c1-4-10-20-14(18)12-6-8-13(9-7-12)17-15(19)16-11(3)5-2/h6-9,11H,4-5,10H2,1-3H3,(H2,16,17,19). The number of benzene rings is 1. The molecule has 20 heavy (non-hydrogen) atoms. The first kappa shape index (κ1) is 16.0. The highest BCUT2D eigenvalue weighted by atomic mass is 16.5. The predicted octanol–water partition coefficient (Wildman–Crippen LogP) is 3.17. The molecular formula is C15H22N2O3. The Morgan fingerprint density at radius 1 is 1.20 bits per heavy atom. The zero-order valence-corrected chi connectivity index (χ0v) is 12.2. The van der Waals surface area contributed by atoms with Gasteiger partial charge in [0, 0.05) is 11.7 Å². The van der Waals surface area contributed by atoms with Crippen LogP contribution in [0.5, 0.6) is 0 Å². The van der Waals surface area contributed by atoms with E-state index in [0.29, 0.717) is 17.9 Å². The van der Waals surface area contributed by atoms with Crippen LogP contribution in [0.1, 0.15) is 44.0 Å². The number of anilines is 1. The minimum absolute atomic E-state index is 0.123. The Balaban J connectivity index is 2.54. The lowest BCUT2D eigenvalue weighted by atomic mass is 10.2. The third-order valence-electron chi connectivity index (χ3n) is 2.81. The van der Waals surface area contributed by atoms with Crippen LogP contribution in [0.25, 0.3) is 0 Å². The van der Waals surface area contributed by atoms with Crippen LogP contribution >= 0.6 is 0 Å². The van der Waals surface area contributed by atoms with Gasteiger partial charge in [-0.15, -0.1) is 0 Å². The van der Waals surface area contributed by atoms with Gasteiger partial charge in [-0.1, -0.05) is 13.8 Å². The van der Waals surface area contributed by atoms with Crippen LogP contribution < -0.4 is 10.6 Å². The Labute approximate surface area is 119 Å².